The zero-order valence-electron chi connectivity index (χ0n) is 18.3. The third-order valence-corrected chi connectivity index (χ3v) is 7.02. The molecule has 4 N–H and O–H groups in total. The number of nitrogens with one attached hydrogen (secondary N) is 4. The fraction of sp³-hybridized carbons (Fsp3) is 0.818. The van der Waals surface area contributed by atoms with Gasteiger partial charge in [0.15, 0.2) is 0 Å². The zero-order chi connectivity index (χ0) is 21.8. The molecule has 30 heavy (non-hydrogen) atoms. The molecule has 0 aliphatic heterocycles. The maximum absolute atomic E-state index is 12.6. The summed E-state index contributed by atoms with van der Waals surface area (Å²) in [6, 6.07) is 0. The van der Waals surface area contributed by atoms with Crippen LogP contribution < -0.4 is 21.3 Å². The molecule has 4 amide bonds. The molecule has 0 aromatic carbocycles. The van der Waals surface area contributed by atoms with Crippen LogP contribution in [-0.2, 0) is 19.2 Å². The van der Waals surface area contributed by atoms with E-state index >= 15 is 0 Å². The van der Waals surface area contributed by atoms with E-state index in [1.807, 2.05) is 0 Å². The van der Waals surface area contributed by atoms with Gasteiger partial charge < -0.3 is 21.3 Å². The van der Waals surface area contributed by atoms with Gasteiger partial charge in [-0.25, -0.2) is 0 Å². The lowest BCUT2D eigenvalue weighted by atomic mass is 9.43. The summed E-state index contributed by atoms with van der Waals surface area (Å²) in [6.07, 6.45) is 7.59. The van der Waals surface area contributed by atoms with Crippen molar-refractivity contribution in [3.8, 4) is 0 Å². The summed E-state index contributed by atoms with van der Waals surface area (Å²) in [6.45, 7) is 4.72. The fourth-order valence-electron chi connectivity index (χ4n) is 6.75. The van der Waals surface area contributed by atoms with Crippen molar-refractivity contribution in [3.63, 3.8) is 0 Å². The van der Waals surface area contributed by atoms with Gasteiger partial charge in [-0.2, -0.15) is 0 Å². The predicted octanol–water partition coefficient (Wildman–Crippen LogP) is 0.858. The van der Waals surface area contributed by atoms with Crippen LogP contribution in [0, 0.1) is 22.7 Å². The van der Waals surface area contributed by atoms with Crippen LogP contribution in [0.4, 0.5) is 0 Å². The number of rotatable bonds is 10. The first kappa shape index (κ1) is 22.6. The minimum Gasteiger partial charge on any atom is -0.355 e. The molecule has 4 aliphatic carbocycles. The number of hydrogen-bond donors (Lipinski definition) is 4. The van der Waals surface area contributed by atoms with Crippen LogP contribution in [0.1, 0.15) is 65.2 Å². The summed E-state index contributed by atoms with van der Waals surface area (Å²) in [5.41, 5.74) is 0.0251. The van der Waals surface area contributed by atoms with Crippen LogP contribution in [0.5, 0.6) is 0 Å². The van der Waals surface area contributed by atoms with Gasteiger partial charge in [0.1, 0.15) is 0 Å². The Morgan fingerprint density at radius 3 is 1.40 bits per heavy atom. The molecule has 0 spiro atoms. The van der Waals surface area contributed by atoms with Gasteiger partial charge in [-0.3, -0.25) is 19.2 Å². The molecular weight excluding hydrogens is 384 g/mol. The number of carbonyl (C=O) groups is 4. The molecule has 4 bridgehead atoms. The van der Waals surface area contributed by atoms with Gasteiger partial charge in [0.2, 0.25) is 23.6 Å². The van der Waals surface area contributed by atoms with E-state index in [2.05, 4.69) is 21.3 Å². The third kappa shape index (κ3) is 5.95. The Bertz CT molecular complexity index is 625. The Kier molecular flexibility index (Phi) is 7.03. The minimum atomic E-state index is -0.0948. The standard InChI is InChI=1S/C22H36N4O4/c1-15(27)23-3-5-25-19(29)12-21-8-17-7-18(9-21)11-22(10-17,14-21)13-20(30)26-6-4-24-16(2)28/h17-18H,3-14H2,1-2H3,(H,23,27)(H,24,28)(H,25,29)(H,26,30). The molecular formula is C22H36N4O4. The molecule has 0 aromatic heterocycles. The Hall–Kier alpha value is -2.12. The van der Waals surface area contributed by atoms with Gasteiger partial charge in [0, 0.05) is 52.9 Å². The first-order valence-electron chi connectivity index (χ1n) is 11.2. The summed E-state index contributed by atoms with van der Waals surface area (Å²) in [5.74, 6) is 1.15. The Morgan fingerprint density at radius 2 is 1.03 bits per heavy atom. The van der Waals surface area contributed by atoms with Crippen molar-refractivity contribution in [3.05, 3.63) is 0 Å². The van der Waals surface area contributed by atoms with Crippen molar-refractivity contribution in [2.75, 3.05) is 26.2 Å². The van der Waals surface area contributed by atoms with Crippen LogP contribution in [0.3, 0.4) is 0 Å². The first-order valence-corrected chi connectivity index (χ1v) is 11.2. The monoisotopic (exact) mass is 420 g/mol. The Morgan fingerprint density at radius 1 is 0.667 bits per heavy atom. The lowest BCUT2D eigenvalue weighted by Gasteiger charge is -2.62. The largest absolute Gasteiger partial charge is 0.355 e. The lowest BCUT2D eigenvalue weighted by Crippen LogP contribution is -2.54. The smallest absolute Gasteiger partial charge is 0.220 e. The summed E-state index contributed by atoms with van der Waals surface area (Å²) in [7, 11) is 0. The highest BCUT2D eigenvalue weighted by molar-refractivity contribution is 5.78. The summed E-state index contributed by atoms with van der Waals surface area (Å²) in [5, 5.41) is 11.3. The van der Waals surface area contributed by atoms with Crippen molar-refractivity contribution in [2.24, 2.45) is 22.7 Å². The number of hydrogen-bond acceptors (Lipinski definition) is 4. The van der Waals surface area contributed by atoms with E-state index in [0.29, 0.717) is 50.9 Å². The van der Waals surface area contributed by atoms with Crippen LogP contribution in [0.15, 0.2) is 0 Å². The minimum absolute atomic E-state index is 0.0125. The highest BCUT2D eigenvalue weighted by atomic mass is 16.2. The number of carbonyl (C=O) groups excluding carboxylic acids is 4. The Labute approximate surface area is 178 Å². The Balaban J connectivity index is 1.53. The van der Waals surface area contributed by atoms with Crippen LogP contribution >= 0.6 is 0 Å². The highest BCUT2D eigenvalue weighted by Crippen LogP contribution is 2.67. The van der Waals surface area contributed by atoms with E-state index in [1.54, 1.807) is 0 Å². The SMILES string of the molecule is CC(=O)NCCNC(=O)CC12CC3CC(C1)CC(CC(=O)NCCNC(C)=O)(C3)C2. The lowest BCUT2D eigenvalue weighted by molar-refractivity contribution is -0.146. The molecule has 0 saturated heterocycles. The van der Waals surface area contributed by atoms with Crippen molar-refractivity contribution in [2.45, 2.75) is 65.2 Å². The van der Waals surface area contributed by atoms with Crippen molar-refractivity contribution >= 4 is 23.6 Å². The van der Waals surface area contributed by atoms with Crippen molar-refractivity contribution in [1.82, 2.24) is 21.3 Å². The van der Waals surface area contributed by atoms with Crippen LogP contribution in [0.25, 0.3) is 0 Å². The fourth-order valence-corrected chi connectivity index (χ4v) is 6.75. The molecule has 4 saturated carbocycles. The van der Waals surface area contributed by atoms with Crippen LogP contribution in [0.2, 0.25) is 0 Å². The predicted molar refractivity (Wildman–Crippen MR) is 112 cm³/mol. The highest BCUT2D eigenvalue weighted by Gasteiger charge is 2.58. The van der Waals surface area contributed by atoms with Gasteiger partial charge in [0.25, 0.3) is 0 Å². The van der Waals surface area contributed by atoms with Gasteiger partial charge in [0.05, 0.1) is 0 Å². The van der Waals surface area contributed by atoms with Gasteiger partial charge >= 0.3 is 0 Å². The summed E-state index contributed by atoms with van der Waals surface area (Å²) in [4.78, 5) is 47.1. The molecule has 4 fully saturated rings. The second-order valence-corrected chi connectivity index (χ2v) is 9.98. The van der Waals surface area contributed by atoms with Gasteiger partial charge in [-0.1, -0.05) is 0 Å². The molecule has 4 aliphatic rings. The molecule has 0 heterocycles. The molecule has 4 rings (SSSR count). The van der Waals surface area contributed by atoms with E-state index in [4.69, 9.17) is 0 Å². The van der Waals surface area contributed by atoms with Gasteiger partial charge in [-0.15, -0.1) is 0 Å². The van der Waals surface area contributed by atoms with Crippen molar-refractivity contribution in [1.29, 1.82) is 0 Å². The topological polar surface area (TPSA) is 116 Å². The zero-order valence-corrected chi connectivity index (χ0v) is 18.3. The molecule has 0 aromatic rings. The number of amides is 4. The van der Waals surface area contributed by atoms with E-state index in [-0.39, 0.29) is 34.5 Å². The average molecular weight is 421 g/mol. The molecule has 0 unspecified atom stereocenters. The second-order valence-electron chi connectivity index (χ2n) is 9.98. The van der Waals surface area contributed by atoms with Gasteiger partial charge in [-0.05, 0) is 61.2 Å². The van der Waals surface area contributed by atoms with E-state index in [9.17, 15) is 19.2 Å². The van der Waals surface area contributed by atoms with E-state index < -0.39 is 0 Å². The first-order chi connectivity index (χ1) is 14.2. The maximum atomic E-state index is 12.6. The third-order valence-electron chi connectivity index (χ3n) is 7.02. The molecule has 8 nitrogen and oxygen atoms in total. The molecule has 168 valence electrons. The van der Waals surface area contributed by atoms with E-state index in [0.717, 1.165) is 32.1 Å². The van der Waals surface area contributed by atoms with E-state index in [1.165, 1.54) is 20.3 Å². The van der Waals surface area contributed by atoms with Crippen molar-refractivity contribution < 1.29 is 19.2 Å². The molecule has 8 heteroatoms. The van der Waals surface area contributed by atoms with Crippen LogP contribution in [-0.4, -0.2) is 49.8 Å². The normalized spacial score (nSPS) is 31.1. The molecule has 0 atom stereocenters. The summed E-state index contributed by atoms with van der Waals surface area (Å²) < 4.78 is 0. The summed E-state index contributed by atoms with van der Waals surface area (Å²) >= 11 is 0. The molecule has 0 radical (unpaired) electrons. The second kappa shape index (κ2) is 9.35. The average Bonchev–Trinajstić information content (AvgIpc) is 2.60. The maximum Gasteiger partial charge on any atom is 0.220 e. The quantitative estimate of drug-likeness (QED) is 0.392.